The molecule has 1 aliphatic heterocycles. The number of aromatic hydroxyl groups is 1. The van der Waals surface area contributed by atoms with Crippen molar-refractivity contribution >= 4 is 10.9 Å². The minimum Gasteiger partial charge on any atom is -0.494 e. The van der Waals surface area contributed by atoms with Crippen molar-refractivity contribution in [3.63, 3.8) is 0 Å². The fourth-order valence-corrected chi connectivity index (χ4v) is 4.57. The van der Waals surface area contributed by atoms with Crippen molar-refractivity contribution in [2.75, 3.05) is 6.54 Å². The highest BCUT2D eigenvalue weighted by Crippen LogP contribution is 2.32. The van der Waals surface area contributed by atoms with Gasteiger partial charge < -0.3 is 15.4 Å². The predicted octanol–water partition coefficient (Wildman–Crippen LogP) is 1.72. The van der Waals surface area contributed by atoms with E-state index in [9.17, 15) is 14.7 Å². The Morgan fingerprint density at radius 2 is 1.77 bits per heavy atom. The van der Waals surface area contributed by atoms with E-state index < -0.39 is 5.69 Å². The van der Waals surface area contributed by atoms with E-state index in [1.165, 1.54) is 14.7 Å². The summed E-state index contributed by atoms with van der Waals surface area (Å²) in [7, 11) is 0. The zero-order valence-corrected chi connectivity index (χ0v) is 18.1. The van der Waals surface area contributed by atoms with E-state index in [1.54, 1.807) is 0 Å². The minimum absolute atomic E-state index is 0.138. The summed E-state index contributed by atoms with van der Waals surface area (Å²) >= 11 is 0. The normalized spacial score (nSPS) is 16.5. The number of H-pyrrole nitrogens is 1. The molecule has 0 bridgehead atoms. The lowest BCUT2D eigenvalue weighted by atomic mass is 9.95. The smallest absolute Gasteiger partial charge is 0.333 e. The van der Waals surface area contributed by atoms with Crippen LogP contribution >= 0.6 is 0 Å². The van der Waals surface area contributed by atoms with Gasteiger partial charge in [0.25, 0.3) is 5.56 Å². The van der Waals surface area contributed by atoms with Crippen LogP contribution in [0.15, 0.2) is 33.9 Å². The van der Waals surface area contributed by atoms with Crippen molar-refractivity contribution in [2.45, 2.75) is 53.2 Å². The molecule has 0 fully saturated rings. The first-order valence-corrected chi connectivity index (χ1v) is 10.8. The van der Waals surface area contributed by atoms with Crippen molar-refractivity contribution in [1.82, 2.24) is 14.1 Å². The summed E-state index contributed by atoms with van der Waals surface area (Å²) < 4.78 is 2.67. The predicted molar refractivity (Wildman–Crippen MR) is 117 cm³/mol. The molecule has 1 aliphatic rings. The number of hydrogen-bond acceptors (Lipinski definition) is 3. The summed E-state index contributed by atoms with van der Waals surface area (Å²) in [6.45, 7) is 9.45. The first kappa shape index (κ1) is 20.5. The van der Waals surface area contributed by atoms with Crippen LogP contribution in [0.1, 0.15) is 50.6 Å². The topological polar surface area (TPSA) is 96.6 Å². The van der Waals surface area contributed by atoms with E-state index in [4.69, 9.17) is 0 Å². The molecule has 7 nitrogen and oxygen atoms in total. The largest absolute Gasteiger partial charge is 0.494 e. The summed E-state index contributed by atoms with van der Waals surface area (Å²) in [5, 5.41) is 14.4. The molecule has 3 aromatic rings. The van der Waals surface area contributed by atoms with Gasteiger partial charge in [-0.1, -0.05) is 45.9 Å². The van der Waals surface area contributed by atoms with Gasteiger partial charge in [-0.3, -0.25) is 13.9 Å². The minimum atomic E-state index is -0.434. The second-order valence-electron chi connectivity index (χ2n) is 9.15. The number of nitrogens with zero attached hydrogens (tertiary/aromatic N) is 2. The van der Waals surface area contributed by atoms with Crippen molar-refractivity contribution in [3.05, 3.63) is 61.9 Å². The Balaban J connectivity index is 1.98. The second kappa shape index (κ2) is 7.80. The molecular formula is C23H31N4O3+. The average molecular weight is 412 g/mol. The zero-order chi connectivity index (χ0) is 21.6. The Morgan fingerprint density at radius 1 is 1.10 bits per heavy atom. The van der Waals surface area contributed by atoms with Gasteiger partial charge in [0, 0.05) is 30.4 Å². The summed E-state index contributed by atoms with van der Waals surface area (Å²) in [6.07, 6.45) is 0.891. The SMILES string of the molecule is CC(C)Cn1c(O)c([C@@H]2[NH2+]CCc3c2[nH]c2ccccc32)c(=O)n(CC(C)C)c1=O. The number of nitrogens with one attached hydrogen (secondary N) is 1. The molecule has 30 heavy (non-hydrogen) atoms. The molecule has 0 saturated heterocycles. The van der Waals surface area contributed by atoms with Crippen LogP contribution in [0, 0.1) is 11.8 Å². The van der Waals surface area contributed by atoms with E-state index in [0.29, 0.717) is 18.7 Å². The molecular weight excluding hydrogens is 380 g/mol. The van der Waals surface area contributed by atoms with Crippen LogP contribution in [0.25, 0.3) is 10.9 Å². The fraction of sp³-hybridized carbons (Fsp3) is 0.478. The maximum Gasteiger partial charge on any atom is 0.333 e. The van der Waals surface area contributed by atoms with E-state index in [1.807, 2.05) is 45.9 Å². The van der Waals surface area contributed by atoms with Gasteiger partial charge in [0.15, 0.2) is 6.04 Å². The van der Waals surface area contributed by atoms with Crippen molar-refractivity contribution < 1.29 is 10.4 Å². The van der Waals surface area contributed by atoms with Crippen molar-refractivity contribution in [3.8, 4) is 5.88 Å². The van der Waals surface area contributed by atoms with E-state index in [2.05, 4.69) is 16.4 Å². The zero-order valence-electron chi connectivity index (χ0n) is 18.1. The Bertz CT molecular complexity index is 1200. The van der Waals surface area contributed by atoms with Gasteiger partial charge in [-0.2, -0.15) is 0 Å². The van der Waals surface area contributed by atoms with E-state index in [0.717, 1.165) is 29.6 Å². The summed E-state index contributed by atoms with van der Waals surface area (Å²) in [5.74, 6) is 0.0937. The highest BCUT2D eigenvalue weighted by Gasteiger charge is 2.35. The van der Waals surface area contributed by atoms with Crippen LogP contribution in [0.3, 0.4) is 0 Å². The monoisotopic (exact) mass is 411 g/mol. The van der Waals surface area contributed by atoms with Gasteiger partial charge in [-0.05, 0) is 23.5 Å². The molecule has 7 heteroatoms. The molecule has 1 aromatic carbocycles. The first-order valence-electron chi connectivity index (χ1n) is 10.8. The third kappa shape index (κ3) is 3.37. The number of para-hydroxylation sites is 1. The van der Waals surface area contributed by atoms with Crippen molar-refractivity contribution in [2.24, 2.45) is 11.8 Å². The summed E-state index contributed by atoms with van der Waals surface area (Å²) in [4.78, 5) is 30.0. The van der Waals surface area contributed by atoms with Crippen LogP contribution in [-0.2, 0) is 19.5 Å². The van der Waals surface area contributed by atoms with Crippen LogP contribution in [0.2, 0.25) is 0 Å². The van der Waals surface area contributed by atoms with Crippen LogP contribution < -0.4 is 16.6 Å². The van der Waals surface area contributed by atoms with E-state index in [-0.39, 0.29) is 29.3 Å². The molecule has 0 aliphatic carbocycles. The standard InChI is InChI=1S/C23H30N4O3/c1-13(2)11-26-21(28)18(22(29)27(23(26)30)12-14(3)4)20-19-16(9-10-24-20)15-7-5-6-8-17(15)25-19/h5-8,13-14,20,24-25,28H,9-12H2,1-4H3/p+1/t20-/m0/s1. The molecule has 0 spiro atoms. The molecule has 4 N–H and O–H groups in total. The van der Waals surface area contributed by atoms with Crippen LogP contribution in [0.4, 0.5) is 0 Å². The maximum absolute atomic E-state index is 13.5. The fourth-order valence-electron chi connectivity index (χ4n) is 4.57. The molecule has 4 rings (SSSR count). The summed E-state index contributed by atoms with van der Waals surface area (Å²) in [5.41, 5.74) is 2.63. The van der Waals surface area contributed by atoms with Gasteiger partial charge >= 0.3 is 5.69 Å². The number of nitrogens with two attached hydrogens (primary N) is 1. The Hall–Kier alpha value is -2.80. The quantitative estimate of drug-likeness (QED) is 0.596. The molecule has 0 amide bonds. The van der Waals surface area contributed by atoms with Crippen molar-refractivity contribution in [1.29, 1.82) is 0 Å². The molecule has 0 radical (unpaired) electrons. The highest BCUT2D eigenvalue weighted by atomic mass is 16.3. The number of aromatic nitrogens is 3. The molecule has 1 atom stereocenters. The third-order valence-electron chi connectivity index (χ3n) is 5.79. The summed E-state index contributed by atoms with van der Waals surface area (Å²) in [6, 6.07) is 7.75. The maximum atomic E-state index is 13.5. The van der Waals surface area contributed by atoms with E-state index >= 15 is 0 Å². The molecule has 0 unspecified atom stereocenters. The Morgan fingerprint density at radius 3 is 2.47 bits per heavy atom. The van der Waals surface area contributed by atoms with Crippen LogP contribution in [0.5, 0.6) is 5.88 Å². The van der Waals surface area contributed by atoms with Gasteiger partial charge in [0.05, 0.1) is 12.2 Å². The number of benzene rings is 1. The Kier molecular flexibility index (Phi) is 5.32. The lowest BCUT2D eigenvalue weighted by Gasteiger charge is -2.24. The number of hydrogen-bond donors (Lipinski definition) is 3. The molecule has 2 aromatic heterocycles. The number of rotatable bonds is 5. The lowest BCUT2D eigenvalue weighted by Crippen LogP contribution is -2.88. The van der Waals surface area contributed by atoms with Gasteiger partial charge in [0.2, 0.25) is 5.88 Å². The molecule has 0 saturated carbocycles. The lowest BCUT2D eigenvalue weighted by molar-refractivity contribution is -0.690. The molecule has 3 heterocycles. The Labute approximate surface area is 175 Å². The highest BCUT2D eigenvalue weighted by molar-refractivity contribution is 5.85. The second-order valence-corrected chi connectivity index (χ2v) is 9.15. The third-order valence-corrected chi connectivity index (χ3v) is 5.79. The number of aromatic amines is 1. The average Bonchev–Trinajstić information content (AvgIpc) is 3.08. The van der Waals surface area contributed by atoms with Gasteiger partial charge in [-0.15, -0.1) is 0 Å². The number of fused-ring (bicyclic) bond motifs is 3. The van der Waals surface area contributed by atoms with Gasteiger partial charge in [0.1, 0.15) is 5.56 Å². The van der Waals surface area contributed by atoms with Crippen LogP contribution in [-0.4, -0.2) is 25.8 Å². The molecule has 160 valence electrons. The number of quaternary nitrogens is 1. The van der Waals surface area contributed by atoms with Gasteiger partial charge in [-0.25, -0.2) is 4.79 Å². The first-order chi connectivity index (χ1) is 14.3.